The Morgan fingerprint density at radius 3 is 0.734 bits per heavy atom. The maximum absolute atomic E-state index is 5.55. The van der Waals surface area contributed by atoms with Gasteiger partial charge in [0.2, 0.25) is 0 Å². The minimum absolute atomic E-state index is 0.921. The SMILES string of the molecule is CCCSc1ccc(-c2c3nc(c(-c4ccc(SCCC)cc4)c4ccc([nH]4)c(-c4ccc(SCCC)cc4)c4nc(c(-c5ccc(SCCC)cc5)c5ccc2[nH]5)C=C4)C=C3)cc1. The van der Waals surface area contributed by atoms with E-state index in [1.54, 1.807) is 0 Å². The van der Waals surface area contributed by atoms with E-state index in [9.17, 15) is 0 Å². The van der Waals surface area contributed by atoms with Crippen LogP contribution in [-0.4, -0.2) is 42.9 Å². The van der Waals surface area contributed by atoms with Gasteiger partial charge in [0.1, 0.15) is 0 Å². The highest BCUT2D eigenvalue weighted by molar-refractivity contribution is 8.00. The van der Waals surface area contributed by atoms with Crippen LogP contribution in [0.3, 0.4) is 0 Å². The number of rotatable bonds is 16. The predicted octanol–water partition coefficient (Wildman–Crippen LogP) is 17.3. The number of nitrogens with one attached hydrogen (secondary N) is 2. The summed E-state index contributed by atoms with van der Waals surface area (Å²) in [6, 6.07) is 44.9. The fourth-order valence-corrected chi connectivity index (χ4v) is 11.2. The zero-order chi connectivity index (χ0) is 43.8. The van der Waals surface area contributed by atoms with E-state index >= 15 is 0 Å². The second-order valence-electron chi connectivity index (χ2n) is 16.0. The van der Waals surface area contributed by atoms with Gasteiger partial charge in [-0.1, -0.05) is 76.2 Å². The summed E-state index contributed by atoms with van der Waals surface area (Å²) in [5, 5.41) is 0. The van der Waals surface area contributed by atoms with Gasteiger partial charge in [0.05, 0.1) is 22.8 Å². The van der Waals surface area contributed by atoms with Crippen molar-refractivity contribution in [3.05, 3.63) is 144 Å². The number of thioether (sulfide) groups is 4. The summed E-state index contributed by atoms with van der Waals surface area (Å²) in [4.78, 5) is 24.1. The maximum atomic E-state index is 5.55. The van der Waals surface area contributed by atoms with Gasteiger partial charge < -0.3 is 9.97 Å². The fourth-order valence-electron chi connectivity index (χ4n) is 8.17. The highest BCUT2D eigenvalue weighted by Gasteiger charge is 2.19. The summed E-state index contributed by atoms with van der Waals surface area (Å²) in [5.74, 6) is 4.39. The molecule has 3 aromatic heterocycles. The van der Waals surface area contributed by atoms with Gasteiger partial charge in [-0.2, -0.15) is 0 Å². The largest absolute Gasteiger partial charge is 0.354 e. The molecule has 8 heteroatoms. The van der Waals surface area contributed by atoms with E-state index in [4.69, 9.17) is 9.97 Å². The molecule has 0 amide bonds. The first kappa shape index (κ1) is 44.1. The molecule has 8 bridgehead atoms. The average molecular weight is 911 g/mol. The first-order valence-corrected chi connectivity index (χ1v) is 26.6. The van der Waals surface area contributed by atoms with E-state index in [1.165, 1.54) is 19.6 Å². The molecule has 2 aliphatic rings. The Morgan fingerprint density at radius 2 is 0.531 bits per heavy atom. The zero-order valence-corrected chi connectivity index (χ0v) is 40.3. The van der Waals surface area contributed by atoms with Crippen LogP contribution in [0.2, 0.25) is 0 Å². The summed E-state index contributed by atoms with van der Waals surface area (Å²) >= 11 is 7.61. The third-order valence-electron chi connectivity index (χ3n) is 11.2. The Hall–Kier alpha value is -5.12. The van der Waals surface area contributed by atoms with Crippen LogP contribution in [0.1, 0.15) is 76.2 Å². The summed E-state index contributed by atoms with van der Waals surface area (Å²) in [6.07, 6.45) is 13.3. The lowest BCUT2D eigenvalue weighted by molar-refractivity contribution is 1.10. The van der Waals surface area contributed by atoms with Crippen molar-refractivity contribution in [1.29, 1.82) is 0 Å². The molecule has 4 nitrogen and oxygen atoms in total. The molecule has 2 aliphatic heterocycles. The molecule has 0 fully saturated rings. The maximum Gasteiger partial charge on any atom is 0.0737 e. The first-order valence-electron chi connectivity index (χ1n) is 22.6. The van der Waals surface area contributed by atoms with Crippen molar-refractivity contribution in [2.24, 2.45) is 0 Å². The smallest absolute Gasteiger partial charge is 0.0737 e. The first-order chi connectivity index (χ1) is 31.5. The van der Waals surface area contributed by atoms with Crippen molar-refractivity contribution in [2.45, 2.75) is 73.0 Å². The van der Waals surface area contributed by atoms with Gasteiger partial charge in [-0.05, 0) is 168 Å². The number of benzene rings is 4. The molecule has 64 heavy (non-hydrogen) atoms. The number of fused-ring (bicyclic) bond motifs is 8. The van der Waals surface area contributed by atoms with Gasteiger partial charge >= 0.3 is 0 Å². The van der Waals surface area contributed by atoms with E-state index in [0.717, 1.165) is 138 Å². The Labute approximate surface area is 395 Å². The van der Waals surface area contributed by atoms with Crippen LogP contribution in [0.4, 0.5) is 0 Å². The average Bonchev–Trinajstić information content (AvgIpc) is 4.19. The number of hydrogen-bond donors (Lipinski definition) is 2. The van der Waals surface area contributed by atoms with Crippen LogP contribution in [0.15, 0.2) is 141 Å². The Bertz CT molecular complexity index is 2560. The molecule has 0 spiro atoms. The highest BCUT2D eigenvalue weighted by atomic mass is 32.2. The number of H-pyrrole nitrogens is 2. The van der Waals surface area contributed by atoms with Gasteiger partial charge in [0, 0.05) is 63.9 Å². The molecule has 5 heterocycles. The molecule has 0 saturated heterocycles. The van der Waals surface area contributed by atoms with Crippen LogP contribution in [-0.2, 0) is 0 Å². The second-order valence-corrected chi connectivity index (χ2v) is 20.7. The van der Waals surface area contributed by atoms with Crippen LogP contribution in [0.5, 0.6) is 0 Å². The van der Waals surface area contributed by atoms with E-state index in [-0.39, 0.29) is 0 Å². The topological polar surface area (TPSA) is 57.4 Å². The van der Waals surface area contributed by atoms with Gasteiger partial charge in [0.15, 0.2) is 0 Å². The van der Waals surface area contributed by atoms with E-state index < -0.39 is 0 Å². The van der Waals surface area contributed by atoms with Crippen LogP contribution in [0.25, 0.3) is 90.9 Å². The predicted molar refractivity (Wildman–Crippen MR) is 285 cm³/mol. The Balaban J connectivity index is 1.36. The van der Waals surface area contributed by atoms with Crippen LogP contribution in [0, 0.1) is 0 Å². The summed E-state index contributed by atoms with van der Waals surface area (Å²) < 4.78 is 0. The molecule has 2 N–H and O–H groups in total. The standard InChI is InChI=1S/C56H54N4S4/c1-5-33-61-41-17-9-37(10-18-41)53-45-25-27-47(57-45)54(38-11-19-42(20-12-38)62-34-6-2)49-29-31-51(59-49)56(40-15-23-44(24-16-40)64-36-8-4)52-32-30-50(60-52)55(48-28-26-46(53)58-48)39-13-21-43(22-14-39)63-35-7-3/h9-32,57,60H,5-8,33-36H2,1-4H3. The van der Waals surface area contributed by atoms with E-state index in [1.807, 2.05) is 47.0 Å². The summed E-state index contributed by atoms with van der Waals surface area (Å²) in [7, 11) is 0. The highest BCUT2D eigenvalue weighted by Crippen LogP contribution is 2.40. The van der Waals surface area contributed by atoms with Crippen LogP contribution < -0.4 is 0 Å². The Morgan fingerprint density at radius 1 is 0.312 bits per heavy atom. The minimum atomic E-state index is 0.921. The molecule has 0 radical (unpaired) electrons. The number of hydrogen-bond acceptors (Lipinski definition) is 6. The van der Waals surface area contributed by atoms with E-state index in [0.29, 0.717) is 0 Å². The van der Waals surface area contributed by atoms with Gasteiger partial charge in [-0.15, -0.1) is 47.0 Å². The van der Waals surface area contributed by atoms with Crippen molar-refractivity contribution in [3.63, 3.8) is 0 Å². The van der Waals surface area contributed by atoms with Gasteiger partial charge in [-0.3, -0.25) is 0 Å². The number of nitrogens with zero attached hydrogens (tertiary/aromatic N) is 2. The van der Waals surface area contributed by atoms with Crippen molar-refractivity contribution >= 4 is 93.4 Å². The van der Waals surface area contributed by atoms with Gasteiger partial charge in [0.25, 0.3) is 0 Å². The third kappa shape index (κ3) is 9.76. The number of aromatic nitrogens is 4. The zero-order valence-electron chi connectivity index (χ0n) is 37.0. The molecular weight excluding hydrogens is 857 g/mol. The molecule has 322 valence electrons. The molecular formula is C56H54N4S4. The third-order valence-corrected chi connectivity index (χ3v) is 16.1. The molecule has 0 atom stereocenters. The summed E-state index contributed by atoms with van der Waals surface area (Å²) in [5.41, 5.74) is 16.4. The lowest BCUT2D eigenvalue weighted by Gasteiger charge is -2.08. The van der Waals surface area contributed by atoms with Crippen molar-refractivity contribution in [3.8, 4) is 44.5 Å². The lowest BCUT2D eigenvalue weighted by Crippen LogP contribution is -1.90. The molecule has 4 aromatic carbocycles. The van der Waals surface area contributed by atoms with Gasteiger partial charge in [-0.25, -0.2) is 9.97 Å². The van der Waals surface area contributed by atoms with Crippen molar-refractivity contribution < 1.29 is 0 Å². The Kier molecular flexibility index (Phi) is 14.3. The lowest BCUT2D eigenvalue weighted by atomic mass is 10.0. The molecule has 0 unspecified atom stereocenters. The molecule has 9 rings (SSSR count). The fraction of sp³-hybridized carbons (Fsp3) is 0.214. The monoisotopic (exact) mass is 910 g/mol. The summed E-state index contributed by atoms with van der Waals surface area (Å²) in [6.45, 7) is 8.93. The molecule has 0 saturated carbocycles. The molecule has 7 aromatic rings. The molecule has 0 aliphatic carbocycles. The van der Waals surface area contributed by atoms with Crippen LogP contribution >= 0.6 is 47.0 Å². The van der Waals surface area contributed by atoms with Crippen molar-refractivity contribution in [2.75, 3.05) is 23.0 Å². The quantitative estimate of drug-likeness (QED) is 0.0942. The normalized spacial score (nSPS) is 12.1. The second kappa shape index (κ2) is 20.8. The van der Waals surface area contributed by atoms with E-state index in [2.05, 4.69) is 183 Å². The minimum Gasteiger partial charge on any atom is -0.354 e. The van der Waals surface area contributed by atoms with Crippen molar-refractivity contribution in [1.82, 2.24) is 19.9 Å². The number of aromatic amines is 2.